The molecule has 140 valence electrons. The van der Waals surface area contributed by atoms with Gasteiger partial charge in [-0.15, -0.1) is 5.10 Å². The van der Waals surface area contributed by atoms with Gasteiger partial charge in [-0.25, -0.2) is 9.98 Å². The molecule has 0 radical (unpaired) electrons. The molecule has 4 aromatic rings. The van der Waals surface area contributed by atoms with Gasteiger partial charge in [-0.1, -0.05) is 28.1 Å². The van der Waals surface area contributed by atoms with Gasteiger partial charge in [0, 0.05) is 29.1 Å². The maximum absolute atomic E-state index is 12.9. The largest absolute Gasteiger partial charge is 0.332 e. The highest BCUT2D eigenvalue weighted by Gasteiger charge is 2.14. The zero-order valence-electron chi connectivity index (χ0n) is 15.3. The minimum atomic E-state index is -0.133. The van der Waals surface area contributed by atoms with E-state index in [0.29, 0.717) is 29.0 Å². The van der Waals surface area contributed by atoms with E-state index in [0.717, 1.165) is 15.7 Å². The fourth-order valence-electron chi connectivity index (χ4n) is 2.88. The molecule has 0 unspecified atom stereocenters. The summed E-state index contributed by atoms with van der Waals surface area (Å²) in [5.74, 6) is 0.653. The van der Waals surface area contributed by atoms with E-state index < -0.39 is 0 Å². The zero-order valence-corrected chi connectivity index (χ0v) is 16.9. The molecule has 8 heteroatoms. The standard InChI is InChI=1S/C20H17BrN6O/c1-3-27-11-16(17(28)15-9-4-12(2)23-19(15)27)18-24-20(26-25-18)22-10-13-5-7-14(21)8-6-13/h4-11H,3H2,1-2H3,(H,24,25,26)/b22-10+. The van der Waals surface area contributed by atoms with Gasteiger partial charge in [-0.3, -0.25) is 9.89 Å². The summed E-state index contributed by atoms with van der Waals surface area (Å²) in [4.78, 5) is 26.1. The number of benzene rings is 1. The Kier molecular flexibility index (Phi) is 4.87. The molecule has 4 rings (SSSR count). The Morgan fingerprint density at radius 2 is 1.96 bits per heavy atom. The number of pyridine rings is 2. The van der Waals surface area contributed by atoms with Crippen LogP contribution in [-0.2, 0) is 6.54 Å². The van der Waals surface area contributed by atoms with E-state index in [4.69, 9.17) is 0 Å². The lowest BCUT2D eigenvalue weighted by molar-refractivity contribution is 0.776. The number of hydrogen-bond donors (Lipinski definition) is 1. The van der Waals surface area contributed by atoms with Crippen LogP contribution in [-0.4, -0.2) is 30.9 Å². The highest BCUT2D eigenvalue weighted by molar-refractivity contribution is 9.10. The van der Waals surface area contributed by atoms with E-state index in [1.54, 1.807) is 18.5 Å². The number of aromatic nitrogens is 5. The monoisotopic (exact) mass is 436 g/mol. The van der Waals surface area contributed by atoms with Crippen molar-refractivity contribution in [2.24, 2.45) is 4.99 Å². The maximum Gasteiger partial charge on any atom is 0.268 e. The van der Waals surface area contributed by atoms with Crippen molar-refractivity contribution in [2.45, 2.75) is 20.4 Å². The summed E-state index contributed by atoms with van der Waals surface area (Å²) in [6.07, 6.45) is 3.44. The quantitative estimate of drug-likeness (QED) is 0.489. The van der Waals surface area contributed by atoms with Crippen LogP contribution < -0.4 is 5.43 Å². The first-order valence-electron chi connectivity index (χ1n) is 8.78. The molecule has 0 aliphatic heterocycles. The highest BCUT2D eigenvalue weighted by Crippen LogP contribution is 2.18. The maximum atomic E-state index is 12.9. The number of H-pyrrole nitrogens is 1. The summed E-state index contributed by atoms with van der Waals surface area (Å²) in [7, 11) is 0. The molecule has 3 heterocycles. The molecule has 3 aromatic heterocycles. The van der Waals surface area contributed by atoms with Crippen LogP contribution in [0.25, 0.3) is 22.4 Å². The van der Waals surface area contributed by atoms with Crippen LogP contribution in [0.4, 0.5) is 5.95 Å². The number of aryl methyl sites for hydroxylation is 2. The number of aliphatic imine (C=N–C) groups is 1. The van der Waals surface area contributed by atoms with Crippen molar-refractivity contribution in [3.05, 3.63) is 68.5 Å². The molecular weight excluding hydrogens is 420 g/mol. The predicted octanol–water partition coefficient (Wildman–Crippen LogP) is 4.02. The molecule has 7 nitrogen and oxygen atoms in total. The van der Waals surface area contributed by atoms with Crippen molar-refractivity contribution in [3.63, 3.8) is 0 Å². The Morgan fingerprint density at radius 1 is 1.18 bits per heavy atom. The topological polar surface area (TPSA) is 88.8 Å². The van der Waals surface area contributed by atoms with Crippen LogP contribution in [0.15, 0.2) is 56.9 Å². The van der Waals surface area contributed by atoms with Gasteiger partial charge in [0.15, 0.2) is 5.82 Å². The van der Waals surface area contributed by atoms with Gasteiger partial charge >= 0.3 is 0 Å². The van der Waals surface area contributed by atoms with Crippen LogP contribution in [0.5, 0.6) is 0 Å². The lowest BCUT2D eigenvalue weighted by atomic mass is 10.1. The lowest BCUT2D eigenvalue weighted by Gasteiger charge is -2.10. The van der Waals surface area contributed by atoms with Crippen molar-refractivity contribution >= 4 is 39.1 Å². The molecule has 0 atom stereocenters. The number of nitrogens with one attached hydrogen (secondary N) is 1. The van der Waals surface area contributed by atoms with Gasteiger partial charge in [0.2, 0.25) is 5.43 Å². The van der Waals surface area contributed by atoms with Crippen LogP contribution in [0, 0.1) is 6.92 Å². The van der Waals surface area contributed by atoms with Crippen molar-refractivity contribution in [2.75, 3.05) is 0 Å². The molecule has 0 saturated carbocycles. The molecule has 1 aromatic carbocycles. The first kappa shape index (κ1) is 18.2. The summed E-state index contributed by atoms with van der Waals surface area (Å²) in [6, 6.07) is 11.4. The SMILES string of the molecule is CCn1cc(-c2nc(/N=C/c3ccc(Br)cc3)n[nH]2)c(=O)c2ccc(C)nc21. The molecule has 0 bridgehead atoms. The van der Waals surface area contributed by atoms with Crippen molar-refractivity contribution in [1.29, 1.82) is 0 Å². The van der Waals surface area contributed by atoms with Gasteiger partial charge in [0.05, 0.1) is 10.9 Å². The molecule has 0 saturated heterocycles. The number of rotatable bonds is 4. The third-order valence-electron chi connectivity index (χ3n) is 4.33. The normalized spacial score (nSPS) is 11.5. The van der Waals surface area contributed by atoms with Gasteiger partial charge < -0.3 is 4.57 Å². The predicted molar refractivity (Wildman–Crippen MR) is 113 cm³/mol. The Balaban J connectivity index is 1.73. The summed E-state index contributed by atoms with van der Waals surface area (Å²) >= 11 is 3.40. The average Bonchev–Trinajstić information content (AvgIpc) is 3.16. The molecule has 0 amide bonds. The number of aromatic amines is 1. The fraction of sp³-hybridized carbons (Fsp3) is 0.150. The molecule has 0 spiro atoms. The van der Waals surface area contributed by atoms with E-state index in [-0.39, 0.29) is 11.4 Å². The molecular formula is C20H17BrN6O. The highest BCUT2D eigenvalue weighted by atomic mass is 79.9. The second-order valence-electron chi connectivity index (χ2n) is 6.28. The Morgan fingerprint density at radius 3 is 2.71 bits per heavy atom. The first-order valence-corrected chi connectivity index (χ1v) is 9.57. The molecule has 1 N–H and O–H groups in total. The van der Waals surface area contributed by atoms with Gasteiger partial charge in [0.1, 0.15) is 5.65 Å². The van der Waals surface area contributed by atoms with Gasteiger partial charge in [-0.2, -0.15) is 4.98 Å². The van der Waals surface area contributed by atoms with E-state index >= 15 is 0 Å². The van der Waals surface area contributed by atoms with Crippen LogP contribution in [0.1, 0.15) is 18.2 Å². The summed E-state index contributed by atoms with van der Waals surface area (Å²) in [5.41, 5.74) is 2.77. The summed E-state index contributed by atoms with van der Waals surface area (Å²) in [5, 5.41) is 7.49. The third kappa shape index (κ3) is 3.50. The van der Waals surface area contributed by atoms with E-state index in [9.17, 15) is 4.79 Å². The summed E-state index contributed by atoms with van der Waals surface area (Å²) in [6.45, 7) is 4.60. The first-order chi connectivity index (χ1) is 13.5. The third-order valence-corrected chi connectivity index (χ3v) is 4.86. The van der Waals surface area contributed by atoms with Crippen LogP contribution in [0.2, 0.25) is 0 Å². The second kappa shape index (κ2) is 7.47. The van der Waals surface area contributed by atoms with E-state index in [1.165, 1.54) is 0 Å². The van der Waals surface area contributed by atoms with Crippen molar-refractivity contribution in [3.8, 4) is 11.4 Å². The Labute approximate surface area is 169 Å². The molecule has 0 fully saturated rings. The van der Waals surface area contributed by atoms with Gasteiger partial charge in [-0.05, 0) is 43.7 Å². The van der Waals surface area contributed by atoms with E-state index in [1.807, 2.05) is 48.7 Å². The number of hydrogen-bond acceptors (Lipinski definition) is 5. The zero-order chi connectivity index (χ0) is 19.7. The Bertz CT molecular complexity index is 1240. The lowest BCUT2D eigenvalue weighted by Crippen LogP contribution is -2.13. The minimum Gasteiger partial charge on any atom is -0.332 e. The smallest absolute Gasteiger partial charge is 0.268 e. The summed E-state index contributed by atoms with van der Waals surface area (Å²) < 4.78 is 2.94. The van der Waals surface area contributed by atoms with Crippen molar-refractivity contribution in [1.82, 2.24) is 24.7 Å². The molecule has 0 aliphatic rings. The van der Waals surface area contributed by atoms with Gasteiger partial charge in [0.25, 0.3) is 5.95 Å². The number of fused-ring (bicyclic) bond motifs is 1. The van der Waals surface area contributed by atoms with Crippen LogP contribution in [0.3, 0.4) is 0 Å². The second-order valence-corrected chi connectivity index (χ2v) is 7.19. The van der Waals surface area contributed by atoms with E-state index in [2.05, 4.69) is 41.1 Å². The molecule has 28 heavy (non-hydrogen) atoms. The van der Waals surface area contributed by atoms with Crippen LogP contribution >= 0.6 is 15.9 Å². The minimum absolute atomic E-state index is 0.133. The number of nitrogens with zero attached hydrogens (tertiary/aromatic N) is 5. The molecule has 0 aliphatic carbocycles. The fourth-order valence-corrected chi connectivity index (χ4v) is 3.15. The van der Waals surface area contributed by atoms with Crippen molar-refractivity contribution < 1.29 is 0 Å². The average molecular weight is 437 g/mol. The Hall–Kier alpha value is -3.13. The number of halogens is 1.